The second-order valence-corrected chi connectivity index (χ2v) is 4.02. The van der Waals surface area contributed by atoms with E-state index in [1.54, 1.807) is 0 Å². The summed E-state index contributed by atoms with van der Waals surface area (Å²) in [5.41, 5.74) is 2.05. The first-order chi connectivity index (χ1) is 8.21. The number of benzene rings is 1. The number of hydrogen-bond acceptors (Lipinski definition) is 2. The Kier molecular flexibility index (Phi) is 5.22. The molecule has 0 aromatic heterocycles. The van der Waals surface area contributed by atoms with Crippen molar-refractivity contribution in [2.45, 2.75) is 39.0 Å². The molecule has 1 aromatic carbocycles. The molecule has 90 valence electrons. The number of carbonyl (C=O) groups is 1. The van der Waals surface area contributed by atoms with Crippen LogP contribution in [-0.2, 0) is 4.79 Å². The zero-order valence-electron chi connectivity index (χ0n) is 10.4. The lowest BCUT2D eigenvalue weighted by atomic mass is 9.94. The summed E-state index contributed by atoms with van der Waals surface area (Å²) in [7, 11) is 0. The molecule has 1 N–H and O–H groups in total. The van der Waals surface area contributed by atoms with E-state index in [4.69, 9.17) is 5.26 Å². The Balaban J connectivity index is 2.68. The van der Waals surface area contributed by atoms with E-state index in [-0.39, 0.29) is 12.3 Å². The van der Waals surface area contributed by atoms with Crippen molar-refractivity contribution in [1.82, 2.24) is 0 Å². The van der Waals surface area contributed by atoms with Crippen LogP contribution in [-0.4, -0.2) is 5.91 Å². The molecule has 0 fully saturated rings. The van der Waals surface area contributed by atoms with Gasteiger partial charge in [-0.15, -0.1) is 0 Å². The highest BCUT2D eigenvalue weighted by Crippen LogP contribution is 2.24. The molecule has 3 heteroatoms. The first-order valence-electron chi connectivity index (χ1n) is 5.98. The standard InChI is InChI=1S/C14H18N2O/c1-3-11(4-2)12-5-7-13(8-6-12)16-14(17)9-10-15/h5-8,11H,3-4,9H2,1-2H3,(H,16,17). The predicted molar refractivity (Wildman–Crippen MR) is 68.6 cm³/mol. The quantitative estimate of drug-likeness (QED) is 0.842. The van der Waals surface area contributed by atoms with E-state index in [2.05, 4.69) is 19.2 Å². The first kappa shape index (κ1) is 13.2. The lowest BCUT2D eigenvalue weighted by molar-refractivity contribution is -0.115. The minimum atomic E-state index is -0.261. The van der Waals surface area contributed by atoms with E-state index in [1.807, 2.05) is 30.3 Å². The largest absolute Gasteiger partial charge is 0.325 e. The van der Waals surface area contributed by atoms with Crippen LogP contribution in [0.5, 0.6) is 0 Å². The van der Waals surface area contributed by atoms with Crippen LogP contribution in [0, 0.1) is 11.3 Å². The van der Waals surface area contributed by atoms with E-state index in [0.717, 1.165) is 18.5 Å². The number of amides is 1. The second-order valence-electron chi connectivity index (χ2n) is 4.02. The molecule has 1 amide bonds. The molecule has 0 saturated heterocycles. The van der Waals surface area contributed by atoms with Gasteiger partial charge in [0.05, 0.1) is 6.07 Å². The number of nitrogens with zero attached hydrogens (tertiary/aromatic N) is 1. The summed E-state index contributed by atoms with van der Waals surface area (Å²) in [5, 5.41) is 11.1. The minimum Gasteiger partial charge on any atom is -0.325 e. The van der Waals surface area contributed by atoms with Gasteiger partial charge in [-0.3, -0.25) is 4.79 Å². The molecular weight excluding hydrogens is 212 g/mol. The normalized spacial score (nSPS) is 10.0. The number of nitriles is 1. The maximum Gasteiger partial charge on any atom is 0.238 e. The van der Waals surface area contributed by atoms with E-state index in [1.165, 1.54) is 5.56 Å². The van der Waals surface area contributed by atoms with E-state index < -0.39 is 0 Å². The average Bonchev–Trinajstić information content (AvgIpc) is 2.33. The SMILES string of the molecule is CCC(CC)c1ccc(NC(=O)CC#N)cc1. The Bertz CT molecular complexity index is 399. The lowest BCUT2D eigenvalue weighted by Gasteiger charge is -2.13. The van der Waals surface area contributed by atoms with Gasteiger partial charge in [0.25, 0.3) is 0 Å². The molecule has 0 spiro atoms. The van der Waals surface area contributed by atoms with Crippen molar-refractivity contribution in [1.29, 1.82) is 5.26 Å². The van der Waals surface area contributed by atoms with Crippen molar-refractivity contribution >= 4 is 11.6 Å². The molecule has 0 heterocycles. The van der Waals surface area contributed by atoms with Crippen molar-refractivity contribution in [3.05, 3.63) is 29.8 Å². The van der Waals surface area contributed by atoms with Gasteiger partial charge in [0.1, 0.15) is 6.42 Å². The predicted octanol–water partition coefficient (Wildman–Crippen LogP) is 3.44. The fourth-order valence-corrected chi connectivity index (χ4v) is 1.88. The Hall–Kier alpha value is -1.82. The summed E-state index contributed by atoms with van der Waals surface area (Å²) < 4.78 is 0. The molecular formula is C14H18N2O. The van der Waals surface area contributed by atoms with Gasteiger partial charge in [-0.05, 0) is 36.5 Å². The van der Waals surface area contributed by atoms with Crippen molar-refractivity contribution in [3.8, 4) is 6.07 Å². The zero-order chi connectivity index (χ0) is 12.7. The van der Waals surface area contributed by atoms with E-state index in [9.17, 15) is 4.79 Å². The van der Waals surface area contributed by atoms with Crippen LogP contribution in [0.15, 0.2) is 24.3 Å². The fourth-order valence-electron chi connectivity index (χ4n) is 1.88. The molecule has 0 aliphatic heterocycles. The van der Waals surface area contributed by atoms with Crippen LogP contribution in [0.1, 0.15) is 44.6 Å². The van der Waals surface area contributed by atoms with Crippen molar-refractivity contribution in [3.63, 3.8) is 0 Å². The average molecular weight is 230 g/mol. The van der Waals surface area contributed by atoms with Crippen LogP contribution in [0.2, 0.25) is 0 Å². The van der Waals surface area contributed by atoms with Crippen molar-refractivity contribution in [2.24, 2.45) is 0 Å². The third-order valence-electron chi connectivity index (χ3n) is 2.89. The molecule has 0 radical (unpaired) electrons. The molecule has 1 rings (SSSR count). The Morgan fingerprint density at radius 1 is 1.29 bits per heavy atom. The van der Waals surface area contributed by atoms with Crippen LogP contribution in [0.4, 0.5) is 5.69 Å². The summed E-state index contributed by atoms with van der Waals surface area (Å²) >= 11 is 0. The van der Waals surface area contributed by atoms with Gasteiger partial charge >= 0.3 is 0 Å². The highest BCUT2D eigenvalue weighted by atomic mass is 16.1. The molecule has 17 heavy (non-hydrogen) atoms. The maximum absolute atomic E-state index is 11.2. The summed E-state index contributed by atoms with van der Waals surface area (Å²) in [6.45, 7) is 4.35. The third-order valence-corrected chi connectivity index (χ3v) is 2.89. The minimum absolute atomic E-state index is 0.103. The number of rotatable bonds is 5. The first-order valence-corrected chi connectivity index (χ1v) is 5.98. The molecule has 3 nitrogen and oxygen atoms in total. The zero-order valence-corrected chi connectivity index (χ0v) is 10.4. The van der Waals surface area contributed by atoms with Crippen molar-refractivity contribution < 1.29 is 4.79 Å². The number of hydrogen-bond donors (Lipinski definition) is 1. The fraction of sp³-hybridized carbons (Fsp3) is 0.429. The Morgan fingerprint density at radius 2 is 1.88 bits per heavy atom. The molecule has 0 bridgehead atoms. The van der Waals surface area contributed by atoms with Crippen LogP contribution >= 0.6 is 0 Å². The highest BCUT2D eigenvalue weighted by Gasteiger charge is 2.07. The van der Waals surface area contributed by atoms with Crippen LogP contribution in [0.25, 0.3) is 0 Å². The summed E-state index contributed by atoms with van der Waals surface area (Å²) in [6.07, 6.45) is 2.14. The second kappa shape index (κ2) is 6.70. The van der Waals surface area contributed by atoms with Gasteiger partial charge in [0, 0.05) is 5.69 Å². The molecule has 0 atom stereocenters. The number of anilines is 1. The van der Waals surface area contributed by atoms with Gasteiger partial charge in [-0.25, -0.2) is 0 Å². The monoisotopic (exact) mass is 230 g/mol. The van der Waals surface area contributed by atoms with Gasteiger partial charge in [0.15, 0.2) is 0 Å². The molecule has 0 saturated carbocycles. The van der Waals surface area contributed by atoms with Crippen LogP contribution in [0.3, 0.4) is 0 Å². The van der Waals surface area contributed by atoms with Gasteiger partial charge in [0.2, 0.25) is 5.91 Å². The van der Waals surface area contributed by atoms with E-state index in [0.29, 0.717) is 5.92 Å². The Labute approximate surface area is 102 Å². The summed E-state index contributed by atoms with van der Waals surface area (Å²) in [5.74, 6) is 0.321. The molecule has 0 unspecified atom stereocenters. The summed E-state index contributed by atoms with van der Waals surface area (Å²) in [4.78, 5) is 11.2. The van der Waals surface area contributed by atoms with Gasteiger partial charge in [-0.1, -0.05) is 26.0 Å². The van der Waals surface area contributed by atoms with Crippen LogP contribution < -0.4 is 5.32 Å². The molecule has 0 aliphatic rings. The number of carbonyl (C=O) groups excluding carboxylic acids is 1. The highest BCUT2D eigenvalue weighted by molar-refractivity contribution is 5.91. The van der Waals surface area contributed by atoms with Gasteiger partial charge < -0.3 is 5.32 Å². The third kappa shape index (κ3) is 3.92. The summed E-state index contributed by atoms with van der Waals surface area (Å²) in [6, 6.07) is 9.69. The maximum atomic E-state index is 11.2. The van der Waals surface area contributed by atoms with E-state index >= 15 is 0 Å². The lowest BCUT2D eigenvalue weighted by Crippen LogP contribution is -2.10. The molecule has 0 aliphatic carbocycles. The van der Waals surface area contributed by atoms with Crippen molar-refractivity contribution in [2.75, 3.05) is 5.32 Å². The molecule has 1 aromatic rings. The Morgan fingerprint density at radius 3 is 2.35 bits per heavy atom. The topological polar surface area (TPSA) is 52.9 Å². The smallest absolute Gasteiger partial charge is 0.238 e. The number of nitrogens with one attached hydrogen (secondary N) is 1. The van der Waals surface area contributed by atoms with Gasteiger partial charge in [-0.2, -0.15) is 5.26 Å².